The Kier molecular flexibility index (Phi) is 5.28. The molecule has 0 aromatic rings. The SMILES string of the molecule is O=C(O)C(=O)O.[Re]. The molecule has 0 aliphatic rings. The van der Waals surface area contributed by atoms with E-state index in [1.165, 1.54) is 0 Å². The Labute approximate surface area is 52.8 Å². The molecule has 1 radical (unpaired) electrons. The third-order valence-electron chi connectivity index (χ3n) is 0.183. The van der Waals surface area contributed by atoms with Gasteiger partial charge in [0.15, 0.2) is 0 Å². The fraction of sp³-hybridized carbons (Fsp3) is 0. The number of carboxylic acid groups (broad SMARTS) is 2. The first-order valence-corrected chi connectivity index (χ1v) is 1.11. The zero-order valence-corrected chi connectivity index (χ0v) is 5.80. The van der Waals surface area contributed by atoms with Crippen molar-refractivity contribution in [2.24, 2.45) is 0 Å². The summed E-state index contributed by atoms with van der Waals surface area (Å²) in [6.45, 7) is 0. The number of hydrogen-bond donors (Lipinski definition) is 2. The first-order valence-electron chi connectivity index (χ1n) is 1.11. The van der Waals surface area contributed by atoms with Crippen LogP contribution in [0.5, 0.6) is 0 Å². The van der Waals surface area contributed by atoms with E-state index >= 15 is 0 Å². The van der Waals surface area contributed by atoms with Crippen molar-refractivity contribution in [3.05, 3.63) is 0 Å². The van der Waals surface area contributed by atoms with Crippen LogP contribution < -0.4 is 0 Å². The normalized spacial score (nSPS) is 6.29. The van der Waals surface area contributed by atoms with E-state index in [1.807, 2.05) is 0 Å². The van der Waals surface area contributed by atoms with E-state index in [9.17, 15) is 0 Å². The quantitative estimate of drug-likeness (QED) is 0.565. The summed E-state index contributed by atoms with van der Waals surface area (Å²) in [5.41, 5.74) is 0. The smallest absolute Gasteiger partial charge is 0.414 e. The molecule has 0 aliphatic carbocycles. The molecule has 4 nitrogen and oxygen atoms in total. The molecule has 5 heteroatoms. The minimum absolute atomic E-state index is 0. The van der Waals surface area contributed by atoms with E-state index in [0.717, 1.165) is 0 Å². The van der Waals surface area contributed by atoms with Gasteiger partial charge in [0.05, 0.1) is 0 Å². The fourth-order valence-electron chi connectivity index (χ4n) is 0. The van der Waals surface area contributed by atoms with Gasteiger partial charge in [-0.05, 0) is 0 Å². The predicted octanol–water partition coefficient (Wildman–Crippen LogP) is -0.847. The largest absolute Gasteiger partial charge is 0.473 e. The Morgan fingerprint density at radius 3 is 1.14 bits per heavy atom. The zero-order chi connectivity index (χ0) is 5.15. The molecule has 0 atom stereocenters. The van der Waals surface area contributed by atoms with Crippen LogP contribution in [0.4, 0.5) is 0 Å². The summed E-state index contributed by atoms with van der Waals surface area (Å²) in [4.78, 5) is 18.2. The third-order valence-corrected chi connectivity index (χ3v) is 0.183. The van der Waals surface area contributed by atoms with Crippen molar-refractivity contribution in [2.45, 2.75) is 0 Å². The number of carbonyl (C=O) groups is 2. The average molecular weight is 276 g/mol. The molecule has 0 aromatic heterocycles. The van der Waals surface area contributed by atoms with Crippen molar-refractivity contribution >= 4 is 11.9 Å². The van der Waals surface area contributed by atoms with Gasteiger partial charge in [0.2, 0.25) is 0 Å². The minimum Gasteiger partial charge on any atom is -0.473 e. The Hall–Kier alpha value is -0.398. The molecule has 0 aromatic carbocycles. The molecule has 0 aliphatic heterocycles. The number of carboxylic acids is 2. The summed E-state index contributed by atoms with van der Waals surface area (Å²) >= 11 is 0. The van der Waals surface area contributed by atoms with Crippen molar-refractivity contribution in [1.29, 1.82) is 0 Å². The molecule has 41 valence electrons. The van der Waals surface area contributed by atoms with Crippen molar-refractivity contribution in [2.75, 3.05) is 0 Å². The average Bonchev–Trinajstić information content (AvgIpc) is 1.36. The molecular weight excluding hydrogens is 274 g/mol. The van der Waals surface area contributed by atoms with Crippen molar-refractivity contribution in [3.8, 4) is 0 Å². The minimum atomic E-state index is -1.82. The van der Waals surface area contributed by atoms with Crippen LogP contribution in [-0.4, -0.2) is 22.2 Å². The fourth-order valence-corrected chi connectivity index (χ4v) is 0. The van der Waals surface area contributed by atoms with E-state index in [1.54, 1.807) is 0 Å². The van der Waals surface area contributed by atoms with Gasteiger partial charge in [-0.25, -0.2) is 9.59 Å². The van der Waals surface area contributed by atoms with Gasteiger partial charge in [0.1, 0.15) is 0 Å². The molecule has 0 unspecified atom stereocenters. The molecule has 0 bridgehead atoms. The summed E-state index contributed by atoms with van der Waals surface area (Å²) in [5.74, 6) is -3.65. The summed E-state index contributed by atoms with van der Waals surface area (Å²) in [5, 5.41) is 14.8. The van der Waals surface area contributed by atoms with E-state index in [4.69, 9.17) is 19.8 Å². The van der Waals surface area contributed by atoms with Crippen LogP contribution in [0.25, 0.3) is 0 Å². The monoisotopic (exact) mass is 277 g/mol. The molecular formula is C2H2O4Re. The van der Waals surface area contributed by atoms with Crippen LogP contribution in [0.2, 0.25) is 0 Å². The van der Waals surface area contributed by atoms with E-state index in [2.05, 4.69) is 0 Å². The second kappa shape index (κ2) is 3.78. The Morgan fingerprint density at radius 1 is 1.00 bits per heavy atom. The maximum atomic E-state index is 9.10. The van der Waals surface area contributed by atoms with Gasteiger partial charge in [-0.3, -0.25) is 0 Å². The van der Waals surface area contributed by atoms with Crippen molar-refractivity contribution in [3.63, 3.8) is 0 Å². The second-order valence-electron chi connectivity index (χ2n) is 0.610. The standard InChI is InChI=1S/C2H2O4.Re/c3-1(4)2(5)6;/h(H,3,4)(H,5,6);. The van der Waals surface area contributed by atoms with Gasteiger partial charge in [-0.1, -0.05) is 0 Å². The first-order chi connectivity index (χ1) is 2.64. The summed E-state index contributed by atoms with van der Waals surface area (Å²) in [6.07, 6.45) is 0. The van der Waals surface area contributed by atoms with E-state index in [0.29, 0.717) is 0 Å². The molecule has 0 saturated heterocycles. The molecule has 0 amide bonds. The Morgan fingerprint density at radius 2 is 1.14 bits per heavy atom. The number of hydrogen-bond acceptors (Lipinski definition) is 2. The molecule has 2 N–H and O–H groups in total. The van der Waals surface area contributed by atoms with Crippen LogP contribution in [0, 0.1) is 0 Å². The van der Waals surface area contributed by atoms with Crippen LogP contribution in [0.3, 0.4) is 0 Å². The molecule has 0 saturated carbocycles. The Balaban J connectivity index is 0. The van der Waals surface area contributed by atoms with Gasteiger partial charge in [0, 0.05) is 20.4 Å². The summed E-state index contributed by atoms with van der Waals surface area (Å²) < 4.78 is 0. The van der Waals surface area contributed by atoms with Crippen molar-refractivity contribution < 1.29 is 40.2 Å². The van der Waals surface area contributed by atoms with Crippen LogP contribution in [-0.2, 0) is 30.0 Å². The zero-order valence-electron chi connectivity index (χ0n) is 3.09. The topological polar surface area (TPSA) is 74.6 Å². The maximum Gasteiger partial charge on any atom is 0.414 e. The van der Waals surface area contributed by atoms with Crippen LogP contribution in [0.15, 0.2) is 0 Å². The first kappa shape index (κ1) is 9.78. The molecule has 0 fully saturated rings. The van der Waals surface area contributed by atoms with Gasteiger partial charge >= 0.3 is 11.9 Å². The van der Waals surface area contributed by atoms with Crippen LogP contribution in [0.1, 0.15) is 0 Å². The van der Waals surface area contributed by atoms with Gasteiger partial charge in [-0.2, -0.15) is 0 Å². The second-order valence-corrected chi connectivity index (χ2v) is 0.610. The molecule has 0 rings (SSSR count). The third kappa shape index (κ3) is 5.60. The van der Waals surface area contributed by atoms with Crippen LogP contribution >= 0.6 is 0 Å². The molecule has 0 spiro atoms. The van der Waals surface area contributed by atoms with Gasteiger partial charge in [-0.15, -0.1) is 0 Å². The van der Waals surface area contributed by atoms with E-state index in [-0.39, 0.29) is 20.4 Å². The molecule has 7 heavy (non-hydrogen) atoms. The number of aliphatic carboxylic acids is 2. The maximum absolute atomic E-state index is 9.10. The summed E-state index contributed by atoms with van der Waals surface area (Å²) in [6, 6.07) is 0. The van der Waals surface area contributed by atoms with Crippen molar-refractivity contribution in [1.82, 2.24) is 0 Å². The number of rotatable bonds is 0. The van der Waals surface area contributed by atoms with Gasteiger partial charge in [0.25, 0.3) is 0 Å². The molecule has 0 heterocycles. The van der Waals surface area contributed by atoms with E-state index < -0.39 is 11.9 Å². The summed E-state index contributed by atoms with van der Waals surface area (Å²) in [7, 11) is 0. The predicted molar refractivity (Wildman–Crippen MR) is 15.3 cm³/mol. The van der Waals surface area contributed by atoms with Gasteiger partial charge < -0.3 is 10.2 Å². The Bertz CT molecular complexity index is 75.7.